The summed E-state index contributed by atoms with van der Waals surface area (Å²) in [6.07, 6.45) is 3.90. The summed E-state index contributed by atoms with van der Waals surface area (Å²) in [7, 11) is 2.00. The van der Waals surface area contributed by atoms with Crippen molar-refractivity contribution >= 4 is 21.6 Å². The van der Waals surface area contributed by atoms with E-state index < -0.39 is 0 Å². The summed E-state index contributed by atoms with van der Waals surface area (Å²) < 4.78 is 1.21. The molecule has 1 N–H and O–H groups in total. The summed E-state index contributed by atoms with van der Waals surface area (Å²) in [5.41, 5.74) is 3.21. The number of benzene rings is 1. The van der Waals surface area contributed by atoms with Gasteiger partial charge in [0.2, 0.25) is 0 Å². The van der Waals surface area contributed by atoms with Crippen LogP contribution in [0.2, 0.25) is 0 Å². The summed E-state index contributed by atoms with van der Waals surface area (Å²) in [6.45, 7) is 9.25. The van der Waals surface area contributed by atoms with Crippen LogP contribution in [0.3, 0.4) is 0 Å². The second-order valence-electron chi connectivity index (χ2n) is 6.09. The first kappa shape index (κ1) is 15.8. The quantitative estimate of drug-likeness (QED) is 0.833. The van der Waals surface area contributed by atoms with E-state index in [1.54, 1.807) is 0 Å². The number of hydrogen-bond donors (Lipinski definition) is 1. The number of anilines is 1. The highest BCUT2D eigenvalue weighted by molar-refractivity contribution is 9.10. The van der Waals surface area contributed by atoms with Crippen molar-refractivity contribution in [2.24, 2.45) is 5.41 Å². The van der Waals surface area contributed by atoms with Crippen LogP contribution >= 0.6 is 15.9 Å². The van der Waals surface area contributed by atoms with Crippen molar-refractivity contribution in [1.82, 2.24) is 5.32 Å². The van der Waals surface area contributed by atoms with E-state index >= 15 is 0 Å². The van der Waals surface area contributed by atoms with Crippen LogP contribution in [-0.4, -0.2) is 20.1 Å². The van der Waals surface area contributed by atoms with Crippen molar-refractivity contribution in [3.63, 3.8) is 0 Å². The van der Waals surface area contributed by atoms with Crippen LogP contribution in [0.25, 0.3) is 0 Å². The first-order valence-electron chi connectivity index (χ1n) is 7.77. The molecule has 1 aliphatic rings. The second-order valence-corrected chi connectivity index (χ2v) is 6.95. The Balaban J connectivity index is 2.17. The van der Waals surface area contributed by atoms with Crippen LogP contribution in [-0.2, 0) is 0 Å². The Kier molecular flexibility index (Phi) is 5.14. The van der Waals surface area contributed by atoms with Gasteiger partial charge >= 0.3 is 0 Å². The molecule has 1 atom stereocenters. The topological polar surface area (TPSA) is 15.3 Å². The molecule has 0 aromatic heterocycles. The lowest BCUT2D eigenvalue weighted by Crippen LogP contribution is -2.26. The zero-order valence-corrected chi connectivity index (χ0v) is 14.8. The highest BCUT2D eigenvalue weighted by atomic mass is 79.9. The SMILES string of the molecule is CCC1(CC)CCN(c2ccc(C(C)NC)c(Br)c2)C1. The van der Waals surface area contributed by atoms with E-state index in [0.29, 0.717) is 11.5 Å². The molecule has 0 aliphatic carbocycles. The minimum absolute atomic E-state index is 0.377. The van der Waals surface area contributed by atoms with Gasteiger partial charge in [0.25, 0.3) is 0 Å². The van der Waals surface area contributed by atoms with E-state index in [0.717, 1.165) is 0 Å². The maximum Gasteiger partial charge on any atom is 0.0377 e. The largest absolute Gasteiger partial charge is 0.371 e. The Morgan fingerprint density at radius 2 is 2.05 bits per heavy atom. The number of halogens is 1. The summed E-state index contributed by atoms with van der Waals surface area (Å²) in [5.74, 6) is 0. The smallest absolute Gasteiger partial charge is 0.0377 e. The second kappa shape index (κ2) is 6.48. The third-order valence-electron chi connectivity index (χ3n) is 5.19. The van der Waals surface area contributed by atoms with E-state index in [-0.39, 0.29) is 0 Å². The minimum Gasteiger partial charge on any atom is -0.371 e. The van der Waals surface area contributed by atoms with Crippen molar-refractivity contribution in [2.45, 2.75) is 46.1 Å². The summed E-state index contributed by atoms with van der Waals surface area (Å²) in [5, 5.41) is 3.30. The highest BCUT2D eigenvalue weighted by Crippen LogP contribution is 2.40. The number of hydrogen-bond acceptors (Lipinski definition) is 2. The molecule has 112 valence electrons. The van der Waals surface area contributed by atoms with Crippen molar-refractivity contribution in [3.05, 3.63) is 28.2 Å². The summed E-state index contributed by atoms with van der Waals surface area (Å²) >= 11 is 3.73. The van der Waals surface area contributed by atoms with E-state index in [4.69, 9.17) is 0 Å². The molecule has 0 spiro atoms. The Hall–Kier alpha value is -0.540. The molecule has 1 saturated heterocycles. The van der Waals surface area contributed by atoms with Gasteiger partial charge in [0.15, 0.2) is 0 Å². The average Bonchev–Trinajstić information content (AvgIpc) is 2.91. The maximum atomic E-state index is 3.73. The molecule has 1 unspecified atom stereocenters. The third kappa shape index (κ3) is 3.04. The van der Waals surface area contributed by atoms with Gasteiger partial charge in [-0.1, -0.05) is 35.8 Å². The van der Waals surface area contributed by atoms with E-state index in [1.165, 1.54) is 48.1 Å². The number of nitrogens with zero attached hydrogens (tertiary/aromatic N) is 1. The van der Waals surface area contributed by atoms with Crippen LogP contribution in [0.1, 0.15) is 51.6 Å². The molecule has 2 nitrogen and oxygen atoms in total. The predicted octanol–water partition coefficient (Wildman–Crippen LogP) is 4.75. The standard InChI is InChI=1S/C17H27BrN2/c1-5-17(6-2)9-10-20(12-17)14-7-8-15(13(3)19-4)16(18)11-14/h7-8,11,13,19H,5-6,9-10,12H2,1-4H3. The Labute approximate surface area is 132 Å². The first-order valence-corrected chi connectivity index (χ1v) is 8.56. The van der Waals surface area contributed by atoms with E-state index in [2.05, 4.69) is 65.1 Å². The van der Waals surface area contributed by atoms with Gasteiger partial charge in [-0.2, -0.15) is 0 Å². The Morgan fingerprint density at radius 3 is 2.55 bits per heavy atom. The van der Waals surface area contributed by atoms with Gasteiger partial charge in [-0.3, -0.25) is 0 Å². The zero-order chi connectivity index (χ0) is 14.8. The molecule has 1 fully saturated rings. The van der Waals surface area contributed by atoms with E-state index in [1.807, 2.05) is 7.05 Å². The van der Waals surface area contributed by atoms with E-state index in [9.17, 15) is 0 Å². The molecule has 1 aliphatic heterocycles. The van der Waals surface area contributed by atoms with Gasteiger partial charge in [0.05, 0.1) is 0 Å². The van der Waals surface area contributed by atoms with Crippen LogP contribution < -0.4 is 10.2 Å². The lowest BCUT2D eigenvalue weighted by molar-refractivity contribution is 0.301. The Morgan fingerprint density at radius 1 is 1.35 bits per heavy atom. The van der Waals surface area contributed by atoms with Gasteiger partial charge in [-0.25, -0.2) is 0 Å². The minimum atomic E-state index is 0.377. The zero-order valence-electron chi connectivity index (χ0n) is 13.2. The lowest BCUT2D eigenvalue weighted by Gasteiger charge is -2.27. The van der Waals surface area contributed by atoms with Crippen LogP contribution in [0.5, 0.6) is 0 Å². The molecule has 2 rings (SSSR count). The molecule has 0 amide bonds. The first-order chi connectivity index (χ1) is 9.55. The lowest BCUT2D eigenvalue weighted by atomic mass is 9.82. The Bertz CT molecular complexity index is 454. The highest BCUT2D eigenvalue weighted by Gasteiger charge is 2.35. The van der Waals surface area contributed by atoms with Gasteiger partial charge in [0, 0.05) is 29.3 Å². The molecule has 20 heavy (non-hydrogen) atoms. The molecular weight excluding hydrogens is 312 g/mol. The van der Waals surface area contributed by atoms with Crippen molar-refractivity contribution in [3.8, 4) is 0 Å². The molecule has 3 heteroatoms. The van der Waals surface area contributed by atoms with Gasteiger partial charge in [0.1, 0.15) is 0 Å². The van der Waals surface area contributed by atoms with Crippen molar-refractivity contribution in [1.29, 1.82) is 0 Å². The number of rotatable bonds is 5. The van der Waals surface area contributed by atoms with Crippen LogP contribution in [0, 0.1) is 5.41 Å². The van der Waals surface area contributed by atoms with Crippen LogP contribution in [0.15, 0.2) is 22.7 Å². The average molecular weight is 339 g/mol. The maximum absolute atomic E-state index is 3.73. The number of nitrogens with one attached hydrogen (secondary N) is 1. The normalized spacial score (nSPS) is 19.4. The fourth-order valence-electron chi connectivity index (χ4n) is 3.20. The summed E-state index contributed by atoms with van der Waals surface area (Å²) in [6, 6.07) is 7.18. The van der Waals surface area contributed by atoms with Gasteiger partial charge in [-0.15, -0.1) is 0 Å². The van der Waals surface area contributed by atoms with Crippen molar-refractivity contribution in [2.75, 3.05) is 25.0 Å². The van der Waals surface area contributed by atoms with Gasteiger partial charge < -0.3 is 10.2 Å². The molecular formula is C17H27BrN2. The van der Waals surface area contributed by atoms with Crippen LogP contribution in [0.4, 0.5) is 5.69 Å². The molecule has 1 aromatic carbocycles. The molecule has 0 saturated carbocycles. The fraction of sp³-hybridized carbons (Fsp3) is 0.647. The molecule has 1 aromatic rings. The third-order valence-corrected chi connectivity index (χ3v) is 5.87. The fourth-order valence-corrected chi connectivity index (χ4v) is 3.91. The monoisotopic (exact) mass is 338 g/mol. The molecule has 0 bridgehead atoms. The predicted molar refractivity (Wildman–Crippen MR) is 91.5 cm³/mol. The van der Waals surface area contributed by atoms with Crippen molar-refractivity contribution < 1.29 is 0 Å². The van der Waals surface area contributed by atoms with Gasteiger partial charge in [-0.05, 0) is 56.3 Å². The molecule has 1 heterocycles. The molecule has 0 radical (unpaired) electrons. The summed E-state index contributed by atoms with van der Waals surface area (Å²) in [4.78, 5) is 2.55.